The van der Waals surface area contributed by atoms with Crippen LogP contribution in [0.15, 0.2) is 46.7 Å². The third-order valence-electron chi connectivity index (χ3n) is 5.68. The average molecular weight is 505 g/mol. The van der Waals surface area contributed by atoms with Gasteiger partial charge in [-0.3, -0.25) is 9.78 Å². The van der Waals surface area contributed by atoms with Gasteiger partial charge in [-0.05, 0) is 38.8 Å². The minimum Gasteiger partial charge on any atom is -0.389 e. The lowest BCUT2D eigenvalue weighted by Crippen LogP contribution is -2.29. The van der Waals surface area contributed by atoms with Crippen molar-refractivity contribution in [2.75, 3.05) is 18.5 Å². The third kappa shape index (κ3) is 6.01. The summed E-state index contributed by atoms with van der Waals surface area (Å²) < 4.78 is 30.3. The van der Waals surface area contributed by atoms with Crippen molar-refractivity contribution in [1.29, 1.82) is 0 Å². The predicted octanol–water partition coefficient (Wildman–Crippen LogP) is 1.37. The number of sulfone groups is 1. The zero-order valence-electron chi connectivity index (χ0n) is 19.4. The van der Waals surface area contributed by atoms with Gasteiger partial charge >= 0.3 is 0 Å². The van der Waals surface area contributed by atoms with Crippen molar-refractivity contribution in [1.82, 2.24) is 9.97 Å². The summed E-state index contributed by atoms with van der Waals surface area (Å²) in [6.07, 6.45) is 2.88. The average Bonchev–Trinajstić information content (AvgIpc) is 3.57. The number of carbonyl (C=O) groups excluding carboxylic acids is 1. The van der Waals surface area contributed by atoms with Crippen molar-refractivity contribution in [3.63, 3.8) is 0 Å². The minimum absolute atomic E-state index is 0.0744. The van der Waals surface area contributed by atoms with Gasteiger partial charge in [0.25, 0.3) is 5.91 Å². The Balaban J connectivity index is 1.54. The number of hydrogen-bond acceptors (Lipinski definition) is 10. The van der Waals surface area contributed by atoms with Gasteiger partial charge in [-0.2, -0.15) is 0 Å². The molecule has 2 aromatic rings. The van der Waals surface area contributed by atoms with E-state index in [1.165, 1.54) is 50.5 Å². The Labute approximate surface area is 203 Å². The summed E-state index contributed by atoms with van der Waals surface area (Å²) in [5, 5.41) is 26.4. The molecule has 1 saturated carbocycles. The van der Waals surface area contributed by atoms with Crippen LogP contribution in [0, 0.1) is 0 Å². The second-order valence-corrected chi connectivity index (χ2v) is 11.4. The van der Waals surface area contributed by atoms with Gasteiger partial charge in [-0.25, -0.2) is 13.4 Å². The van der Waals surface area contributed by atoms with Crippen LogP contribution in [0.2, 0.25) is 0 Å². The Bertz CT molecular complexity index is 1180. The van der Waals surface area contributed by atoms with Crippen LogP contribution in [0.4, 0.5) is 5.82 Å². The van der Waals surface area contributed by atoms with Crippen LogP contribution >= 0.6 is 0 Å². The maximum atomic E-state index is 13.1. The first-order valence-corrected chi connectivity index (χ1v) is 12.8. The van der Waals surface area contributed by atoms with Gasteiger partial charge in [0.2, 0.25) is 0 Å². The number of nitrogens with one attached hydrogen (secondary N) is 1. The van der Waals surface area contributed by atoms with Crippen molar-refractivity contribution in [3.8, 4) is 0 Å². The molecule has 0 bridgehead atoms. The van der Waals surface area contributed by atoms with Crippen LogP contribution in [-0.4, -0.2) is 70.4 Å². The molecule has 11 nitrogen and oxygen atoms in total. The molecular formula is C23H28N4O7S. The van der Waals surface area contributed by atoms with Crippen molar-refractivity contribution in [3.05, 3.63) is 47.9 Å². The molecule has 12 heteroatoms. The monoisotopic (exact) mass is 504 g/mol. The molecule has 1 unspecified atom stereocenters. The highest BCUT2D eigenvalue weighted by Crippen LogP contribution is 2.33. The van der Waals surface area contributed by atoms with E-state index in [-0.39, 0.29) is 33.5 Å². The quantitative estimate of drug-likeness (QED) is 0.338. The van der Waals surface area contributed by atoms with Gasteiger partial charge in [0, 0.05) is 12.0 Å². The van der Waals surface area contributed by atoms with E-state index in [2.05, 4.69) is 20.4 Å². The highest BCUT2D eigenvalue weighted by Gasteiger charge is 2.37. The maximum absolute atomic E-state index is 13.1. The largest absolute Gasteiger partial charge is 0.389 e. The number of carbonyl (C=O) groups is 1. The highest BCUT2D eigenvalue weighted by atomic mass is 32.2. The zero-order valence-corrected chi connectivity index (χ0v) is 20.2. The molecule has 2 atom stereocenters. The van der Waals surface area contributed by atoms with Crippen LogP contribution in [0.5, 0.6) is 0 Å². The number of nitrogens with zero attached hydrogens (tertiary/aromatic N) is 3. The Morgan fingerprint density at radius 2 is 1.91 bits per heavy atom. The van der Waals surface area contributed by atoms with Crippen molar-refractivity contribution in [2.45, 2.75) is 61.1 Å². The normalized spacial score (nSPS) is 19.9. The van der Waals surface area contributed by atoms with Crippen molar-refractivity contribution >= 4 is 27.3 Å². The number of aliphatic hydroxyl groups is 2. The Morgan fingerprint density at radius 1 is 1.20 bits per heavy atom. The second-order valence-electron chi connectivity index (χ2n) is 9.14. The van der Waals surface area contributed by atoms with E-state index >= 15 is 0 Å². The smallest absolute Gasteiger partial charge is 0.279 e. The number of aromatic nitrogens is 2. The summed E-state index contributed by atoms with van der Waals surface area (Å²) >= 11 is 0. The molecule has 188 valence electrons. The standard InChI is InChI=1S/C23H28N4O7S/c1-23(2,30)21(28)18-11-25-19(12-24-18)26-22(29)20(27-34-15-9-10-33-13-15)14-3-5-16(6-4-14)35(31,32)17-7-8-17/h3-6,11-12,15,17,21,28,30H,7-10,13H2,1-2H3,(H,25,26,29)/b27-20+/t15-,21?/m1/s1. The number of rotatable bonds is 9. The van der Waals surface area contributed by atoms with Crippen LogP contribution in [-0.2, 0) is 24.2 Å². The first-order valence-electron chi connectivity index (χ1n) is 11.3. The first kappa shape index (κ1) is 25.2. The number of benzene rings is 1. The number of amides is 1. The first-order chi connectivity index (χ1) is 16.6. The van der Waals surface area contributed by atoms with E-state index in [0.717, 1.165) is 0 Å². The molecule has 4 rings (SSSR count). The van der Waals surface area contributed by atoms with E-state index in [0.29, 0.717) is 38.0 Å². The van der Waals surface area contributed by atoms with E-state index in [4.69, 9.17) is 9.57 Å². The number of aliphatic hydroxyl groups excluding tert-OH is 1. The number of oxime groups is 1. The van der Waals surface area contributed by atoms with E-state index in [1.807, 2.05) is 0 Å². The third-order valence-corrected chi connectivity index (χ3v) is 7.96. The lowest BCUT2D eigenvalue weighted by atomic mass is 10.00. The molecule has 1 aliphatic heterocycles. The van der Waals surface area contributed by atoms with Gasteiger partial charge in [-0.1, -0.05) is 17.3 Å². The van der Waals surface area contributed by atoms with Crippen LogP contribution < -0.4 is 5.32 Å². The fraction of sp³-hybridized carbons (Fsp3) is 0.478. The molecular weight excluding hydrogens is 476 g/mol. The topological polar surface area (TPSA) is 160 Å². The molecule has 35 heavy (non-hydrogen) atoms. The van der Waals surface area contributed by atoms with Gasteiger partial charge in [0.1, 0.15) is 6.10 Å². The van der Waals surface area contributed by atoms with Crippen LogP contribution in [0.3, 0.4) is 0 Å². The maximum Gasteiger partial charge on any atom is 0.279 e. The molecule has 1 saturated heterocycles. The van der Waals surface area contributed by atoms with Gasteiger partial charge in [-0.15, -0.1) is 0 Å². The Hall–Kier alpha value is -2.93. The summed E-state index contributed by atoms with van der Waals surface area (Å²) in [4.78, 5) is 26.9. The zero-order chi connectivity index (χ0) is 25.2. The fourth-order valence-electron chi connectivity index (χ4n) is 3.40. The molecule has 0 radical (unpaired) electrons. The molecule has 3 N–H and O–H groups in total. The molecule has 2 heterocycles. The second kappa shape index (κ2) is 9.97. The fourth-order valence-corrected chi connectivity index (χ4v) is 5.06. The summed E-state index contributed by atoms with van der Waals surface area (Å²) in [5.41, 5.74) is -0.992. The van der Waals surface area contributed by atoms with E-state index in [9.17, 15) is 23.4 Å². The van der Waals surface area contributed by atoms with Crippen molar-refractivity contribution in [2.24, 2.45) is 5.16 Å². The Morgan fingerprint density at radius 3 is 2.46 bits per heavy atom. The number of hydrogen-bond donors (Lipinski definition) is 3. The van der Waals surface area contributed by atoms with Crippen LogP contribution in [0.25, 0.3) is 0 Å². The lowest BCUT2D eigenvalue weighted by molar-refractivity contribution is -0.110. The molecule has 2 aliphatic rings. The molecule has 2 fully saturated rings. The van der Waals surface area contributed by atoms with Crippen LogP contribution in [0.1, 0.15) is 50.5 Å². The summed E-state index contributed by atoms with van der Waals surface area (Å²) in [6.45, 7) is 3.77. The van der Waals surface area contributed by atoms with E-state index < -0.39 is 27.4 Å². The Kier molecular flexibility index (Phi) is 7.17. The summed E-state index contributed by atoms with van der Waals surface area (Å²) in [5.74, 6) is -0.557. The summed E-state index contributed by atoms with van der Waals surface area (Å²) in [7, 11) is -3.37. The van der Waals surface area contributed by atoms with Gasteiger partial charge in [0.15, 0.2) is 27.5 Å². The summed E-state index contributed by atoms with van der Waals surface area (Å²) in [6, 6.07) is 5.93. The van der Waals surface area contributed by atoms with Crippen molar-refractivity contribution < 1.29 is 33.0 Å². The van der Waals surface area contributed by atoms with Gasteiger partial charge in [0.05, 0.1) is 47.0 Å². The lowest BCUT2D eigenvalue weighted by Gasteiger charge is -2.23. The van der Waals surface area contributed by atoms with E-state index in [1.54, 1.807) is 0 Å². The molecule has 1 amide bonds. The molecule has 1 aromatic carbocycles. The number of ether oxygens (including phenoxy) is 1. The molecule has 0 spiro atoms. The number of anilines is 1. The molecule has 1 aromatic heterocycles. The highest BCUT2D eigenvalue weighted by molar-refractivity contribution is 7.92. The SMILES string of the molecule is CC(C)(O)C(O)c1cnc(NC(=O)/C(=N/O[C@@H]2CCOC2)c2ccc(S(=O)(=O)C3CC3)cc2)cn1. The minimum atomic E-state index is -3.37. The molecule has 1 aliphatic carbocycles. The van der Waals surface area contributed by atoms with Gasteiger partial charge < -0.3 is 25.1 Å². The predicted molar refractivity (Wildman–Crippen MR) is 125 cm³/mol.